The molecule has 1 aliphatic heterocycles. The van der Waals surface area contributed by atoms with Crippen LogP contribution in [0.25, 0.3) is 11.5 Å². The van der Waals surface area contributed by atoms with Crippen molar-refractivity contribution in [1.82, 2.24) is 15.1 Å². The SMILES string of the molecule is COc1ccc(-c2nnc(CN3CCC(C)CCC3C(C)C)o2)cc1. The number of ether oxygens (including phenoxy) is 1. The number of methoxy groups -OCH3 is 1. The first-order chi connectivity index (χ1) is 12.1. The summed E-state index contributed by atoms with van der Waals surface area (Å²) in [6, 6.07) is 8.29. The largest absolute Gasteiger partial charge is 0.497 e. The fourth-order valence-corrected chi connectivity index (χ4v) is 3.63. The van der Waals surface area contributed by atoms with Crippen LogP contribution in [0.15, 0.2) is 28.7 Å². The minimum absolute atomic E-state index is 0.571. The van der Waals surface area contributed by atoms with Gasteiger partial charge in [-0.15, -0.1) is 10.2 Å². The first-order valence-corrected chi connectivity index (χ1v) is 9.27. The summed E-state index contributed by atoms with van der Waals surface area (Å²) in [4.78, 5) is 2.53. The summed E-state index contributed by atoms with van der Waals surface area (Å²) in [5, 5.41) is 8.51. The monoisotopic (exact) mass is 343 g/mol. The third kappa shape index (κ3) is 4.40. The van der Waals surface area contributed by atoms with E-state index in [1.807, 2.05) is 24.3 Å². The molecule has 0 bridgehead atoms. The highest BCUT2D eigenvalue weighted by Gasteiger charge is 2.27. The fraction of sp³-hybridized carbons (Fsp3) is 0.600. The van der Waals surface area contributed by atoms with E-state index in [0.29, 0.717) is 23.7 Å². The predicted molar refractivity (Wildman–Crippen MR) is 98.3 cm³/mol. The van der Waals surface area contributed by atoms with Crippen molar-refractivity contribution in [2.75, 3.05) is 13.7 Å². The van der Waals surface area contributed by atoms with Gasteiger partial charge in [0.2, 0.25) is 11.8 Å². The van der Waals surface area contributed by atoms with Crippen molar-refractivity contribution in [3.63, 3.8) is 0 Å². The smallest absolute Gasteiger partial charge is 0.247 e. The van der Waals surface area contributed by atoms with E-state index in [1.165, 1.54) is 19.3 Å². The molecule has 2 aromatic rings. The number of hydrogen-bond acceptors (Lipinski definition) is 5. The number of rotatable bonds is 5. The average Bonchev–Trinajstić information content (AvgIpc) is 2.99. The van der Waals surface area contributed by atoms with Gasteiger partial charge in [0.15, 0.2) is 0 Å². The van der Waals surface area contributed by atoms with Gasteiger partial charge in [-0.2, -0.15) is 0 Å². The fourth-order valence-electron chi connectivity index (χ4n) is 3.63. The molecule has 1 fully saturated rings. The number of hydrogen-bond donors (Lipinski definition) is 0. The van der Waals surface area contributed by atoms with Gasteiger partial charge in [0, 0.05) is 11.6 Å². The number of benzene rings is 1. The molecule has 0 amide bonds. The Morgan fingerprint density at radius 1 is 1.16 bits per heavy atom. The van der Waals surface area contributed by atoms with Gasteiger partial charge in [0.25, 0.3) is 0 Å². The molecule has 1 aromatic heterocycles. The second-order valence-corrected chi connectivity index (χ2v) is 7.48. The summed E-state index contributed by atoms with van der Waals surface area (Å²) in [5.74, 6) is 3.52. The minimum atomic E-state index is 0.571. The maximum atomic E-state index is 5.94. The van der Waals surface area contributed by atoms with Crippen LogP contribution in [0.5, 0.6) is 5.75 Å². The van der Waals surface area contributed by atoms with Crippen LogP contribution in [0.1, 0.15) is 45.9 Å². The number of likely N-dealkylation sites (tertiary alicyclic amines) is 1. The Morgan fingerprint density at radius 3 is 2.60 bits per heavy atom. The standard InChI is InChI=1S/C20H29N3O2/c1-14(2)18-10-5-15(3)11-12-23(18)13-19-21-22-20(25-19)16-6-8-17(24-4)9-7-16/h6-9,14-15,18H,5,10-13H2,1-4H3. The van der Waals surface area contributed by atoms with Gasteiger partial charge < -0.3 is 9.15 Å². The summed E-state index contributed by atoms with van der Waals surface area (Å²) in [6.45, 7) is 8.81. The molecule has 1 aliphatic rings. The maximum absolute atomic E-state index is 5.94. The van der Waals surface area contributed by atoms with Crippen LogP contribution in [0, 0.1) is 11.8 Å². The average molecular weight is 343 g/mol. The highest BCUT2D eigenvalue weighted by atomic mass is 16.5. The lowest BCUT2D eigenvalue weighted by molar-refractivity contribution is 0.136. The molecule has 2 atom stereocenters. The van der Waals surface area contributed by atoms with Crippen LogP contribution in [-0.4, -0.2) is 34.8 Å². The summed E-state index contributed by atoms with van der Waals surface area (Å²) in [5.41, 5.74) is 0.921. The third-order valence-corrected chi connectivity index (χ3v) is 5.25. The highest BCUT2D eigenvalue weighted by Crippen LogP contribution is 2.28. The van der Waals surface area contributed by atoms with Crippen LogP contribution < -0.4 is 4.74 Å². The van der Waals surface area contributed by atoms with Gasteiger partial charge in [-0.1, -0.05) is 20.8 Å². The van der Waals surface area contributed by atoms with Crippen molar-refractivity contribution < 1.29 is 9.15 Å². The highest BCUT2D eigenvalue weighted by molar-refractivity contribution is 5.53. The number of nitrogens with zero attached hydrogens (tertiary/aromatic N) is 3. The van der Waals surface area contributed by atoms with Crippen molar-refractivity contribution in [3.8, 4) is 17.2 Å². The summed E-state index contributed by atoms with van der Waals surface area (Å²) in [7, 11) is 1.66. The lowest BCUT2D eigenvalue weighted by Crippen LogP contribution is -2.38. The van der Waals surface area contributed by atoms with Crippen molar-refractivity contribution >= 4 is 0 Å². The molecule has 0 radical (unpaired) electrons. The van der Waals surface area contributed by atoms with Crippen molar-refractivity contribution in [3.05, 3.63) is 30.2 Å². The van der Waals surface area contributed by atoms with Gasteiger partial charge in [0.1, 0.15) is 5.75 Å². The molecular weight excluding hydrogens is 314 g/mol. The lowest BCUT2D eigenvalue weighted by Gasteiger charge is -2.31. The first kappa shape index (κ1) is 17.9. The summed E-state index contributed by atoms with van der Waals surface area (Å²) < 4.78 is 11.1. The molecular formula is C20H29N3O2. The van der Waals surface area contributed by atoms with Crippen molar-refractivity contribution in [1.29, 1.82) is 0 Å². The van der Waals surface area contributed by atoms with E-state index in [4.69, 9.17) is 9.15 Å². The van der Waals surface area contributed by atoms with Gasteiger partial charge in [-0.25, -0.2) is 0 Å². The Morgan fingerprint density at radius 2 is 1.92 bits per heavy atom. The van der Waals surface area contributed by atoms with E-state index in [9.17, 15) is 0 Å². The van der Waals surface area contributed by atoms with Gasteiger partial charge in [-0.3, -0.25) is 4.90 Å². The molecule has 5 heteroatoms. The van der Waals surface area contributed by atoms with Crippen LogP contribution >= 0.6 is 0 Å². The Kier molecular flexibility index (Phi) is 5.74. The molecule has 1 saturated heterocycles. The van der Waals surface area contributed by atoms with E-state index in [0.717, 1.165) is 30.3 Å². The van der Waals surface area contributed by atoms with E-state index in [-0.39, 0.29) is 0 Å². The van der Waals surface area contributed by atoms with E-state index in [1.54, 1.807) is 7.11 Å². The molecule has 136 valence electrons. The quantitative estimate of drug-likeness (QED) is 0.806. The van der Waals surface area contributed by atoms with Crippen LogP contribution in [-0.2, 0) is 6.54 Å². The Labute approximate surface area is 150 Å². The van der Waals surface area contributed by atoms with E-state index in [2.05, 4.69) is 35.9 Å². The molecule has 0 N–H and O–H groups in total. The topological polar surface area (TPSA) is 51.4 Å². The van der Waals surface area contributed by atoms with Crippen molar-refractivity contribution in [2.24, 2.45) is 11.8 Å². The summed E-state index contributed by atoms with van der Waals surface area (Å²) >= 11 is 0. The zero-order valence-corrected chi connectivity index (χ0v) is 15.7. The van der Waals surface area contributed by atoms with Gasteiger partial charge in [0.05, 0.1) is 13.7 Å². The molecule has 2 heterocycles. The predicted octanol–water partition coefficient (Wildman–Crippen LogP) is 4.39. The van der Waals surface area contributed by atoms with Crippen molar-refractivity contribution in [2.45, 2.75) is 52.6 Å². The Bertz CT molecular complexity index is 666. The second kappa shape index (κ2) is 8.00. The number of aromatic nitrogens is 2. The molecule has 2 unspecified atom stereocenters. The molecule has 0 aliphatic carbocycles. The zero-order chi connectivity index (χ0) is 17.8. The third-order valence-electron chi connectivity index (χ3n) is 5.25. The van der Waals surface area contributed by atoms with E-state index >= 15 is 0 Å². The first-order valence-electron chi connectivity index (χ1n) is 9.27. The second-order valence-electron chi connectivity index (χ2n) is 7.48. The van der Waals surface area contributed by atoms with Crippen LogP contribution in [0.4, 0.5) is 0 Å². The zero-order valence-electron chi connectivity index (χ0n) is 15.7. The van der Waals surface area contributed by atoms with Gasteiger partial charge >= 0.3 is 0 Å². The molecule has 25 heavy (non-hydrogen) atoms. The summed E-state index contributed by atoms with van der Waals surface area (Å²) in [6.07, 6.45) is 3.79. The Balaban J connectivity index is 1.72. The molecule has 1 aromatic carbocycles. The molecule has 3 rings (SSSR count). The van der Waals surface area contributed by atoms with Gasteiger partial charge in [-0.05, 0) is 61.9 Å². The normalized spacial score (nSPS) is 22.1. The minimum Gasteiger partial charge on any atom is -0.497 e. The Hall–Kier alpha value is -1.88. The lowest BCUT2D eigenvalue weighted by atomic mass is 9.95. The molecule has 0 saturated carbocycles. The maximum Gasteiger partial charge on any atom is 0.247 e. The van der Waals surface area contributed by atoms with Crippen LogP contribution in [0.3, 0.4) is 0 Å². The molecule has 0 spiro atoms. The molecule has 5 nitrogen and oxygen atoms in total. The van der Waals surface area contributed by atoms with Crippen LogP contribution in [0.2, 0.25) is 0 Å². The van der Waals surface area contributed by atoms with E-state index < -0.39 is 0 Å².